The van der Waals surface area contributed by atoms with Gasteiger partial charge >= 0.3 is 6.03 Å². The summed E-state index contributed by atoms with van der Waals surface area (Å²) in [5.41, 5.74) is 2.20. The molecule has 1 fully saturated rings. The number of morpholine rings is 1. The first-order chi connectivity index (χ1) is 13.5. The van der Waals surface area contributed by atoms with E-state index in [1.54, 1.807) is 0 Å². The summed E-state index contributed by atoms with van der Waals surface area (Å²) in [6.45, 7) is 8.22. The average molecular weight is 382 g/mol. The Balaban J connectivity index is 1.60. The van der Waals surface area contributed by atoms with E-state index in [1.807, 2.05) is 36.4 Å². The smallest absolute Gasteiger partial charge is 0.315 e. The lowest BCUT2D eigenvalue weighted by molar-refractivity contribution is -0.00876. The zero-order chi connectivity index (χ0) is 19.8. The van der Waals surface area contributed by atoms with E-state index in [-0.39, 0.29) is 17.6 Å². The lowest BCUT2D eigenvalue weighted by Crippen LogP contribution is -2.56. The Morgan fingerprint density at radius 2 is 1.64 bits per heavy atom. The van der Waals surface area contributed by atoms with Crippen LogP contribution in [-0.2, 0) is 11.2 Å². The van der Waals surface area contributed by atoms with Gasteiger partial charge in [0.1, 0.15) is 0 Å². The third kappa shape index (κ3) is 5.81. The monoisotopic (exact) mass is 381 g/mol. The number of carbonyl (C=O) groups excluding carboxylic acids is 1. The number of nitrogens with zero attached hydrogens (tertiary/aromatic N) is 1. The van der Waals surface area contributed by atoms with Gasteiger partial charge in [0.2, 0.25) is 0 Å². The maximum Gasteiger partial charge on any atom is 0.315 e. The molecule has 5 nitrogen and oxygen atoms in total. The van der Waals surface area contributed by atoms with Crippen LogP contribution in [0.1, 0.15) is 31.0 Å². The van der Waals surface area contributed by atoms with E-state index < -0.39 is 0 Å². The first-order valence-corrected chi connectivity index (χ1v) is 10.0. The Hall–Kier alpha value is -2.37. The minimum Gasteiger partial charge on any atom is -0.379 e. The third-order valence-electron chi connectivity index (χ3n) is 5.34. The van der Waals surface area contributed by atoms with E-state index in [1.165, 1.54) is 5.56 Å². The summed E-state index contributed by atoms with van der Waals surface area (Å²) in [5.74, 6) is 0. The molecule has 1 aliphatic rings. The van der Waals surface area contributed by atoms with Crippen molar-refractivity contribution in [1.29, 1.82) is 0 Å². The van der Waals surface area contributed by atoms with Gasteiger partial charge in [0.15, 0.2) is 0 Å². The molecule has 2 aromatic rings. The van der Waals surface area contributed by atoms with E-state index in [2.05, 4.69) is 53.6 Å². The van der Waals surface area contributed by atoms with Crippen molar-refractivity contribution in [3.05, 3.63) is 71.8 Å². The number of ether oxygens (including phenoxy) is 1. The number of hydrogen-bond acceptors (Lipinski definition) is 3. The predicted octanol–water partition coefficient (Wildman–Crippen LogP) is 3.38. The highest BCUT2D eigenvalue weighted by Crippen LogP contribution is 2.19. The van der Waals surface area contributed by atoms with Crippen LogP contribution in [0.2, 0.25) is 0 Å². The Morgan fingerprint density at radius 1 is 1.04 bits per heavy atom. The van der Waals surface area contributed by atoms with Crippen LogP contribution < -0.4 is 10.6 Å². The molecule has 5 heteroatoms. The molecule has 0 spiro atoms. The molecule has 1 heterocycles. The number of nitrogens with one attached hydrogen (secondary N) is 2. The van der Waals surface area contributed by atoms with Crippen molar-refractivity contribution < 1.29 is 9.53 Å². The minimum absolute atomic E-state index is 0.0740. The van der Waals surface area contributed by atoms with Crippen molar-refractivity contribution in [3.8, 4) is 0 Å². The maximum absolute atomic E-state index is 12.7. The molecule has 0 aromatic heterocycles. The fourth-order valence-electron chi connectivity index (χ4n) is 3.57. The Bertz CT molecular complexity index is 728. The van der Waals surface area contributed by atoms with Gasteiger partial charge in [-0.3, -0.25) is 4.90 Å². The lowest BCUT2D eigenvalue weighted by Gasteiger charge is -2.40. The van der Waals surface area contributed by atoms with Crippen LogP contribution in [0, 0.1) is 0 Å². The summed E-state index contributed by atoms with van der Waals surface area (Å²) in [6, 6.07) is 20.2. The van der Waals surface area contributed by atoms with Crippen molar-refractivity contribution in [2.75, 3.05) is 32.8 Å². The van der Waals surface area contributed by atoms with Gasteiger partial charge < -0.3 is 15.4 Å². The molecule has 28 heavy (non-hydrogen) atoms. The zero-order valence-corrected chi connectivity index (χ0v) is 16.9. The quantitative estimate of drug-likeness (QED) is 0.773. The number of amides is 2. The first kappa shape index (κ1) is 20.4. The van der Waals surface area contributed by atoms with E-state index in [0.717, 1.165) is 38.3 Å². The number of hydrogen-bond donors (Lipinski definition) is 2. The molecule has 3 rings (SSSR count). The van der Waals surface area contributed by atoms with Crippen molar-refractivity contribution in [1.82, 2.24) is 15.5 Å². The van der Waals surface area contributed by atoms with Gasteiger partial charge in [0.25, 0.3) is 0 Å². The summed E-state index contributed by atoms with van der Waals surface area (Å²) < 4.78 is 5.44. The second kappa shape index (κ2) is 9.71. The number of rotatable bonds is 7. The number of benzene rings is 2. The van der Waals surface area contributed by atoms with Gasteiger partial charge in [-0.15, -0.1) is 0 Å². The molecule has 1 saturated heterocycles. The van der Waals surface area contributed by atoms with Crippen molar-refractivity contribution >= 4 is 6.03 Å². The molecular weight excluding hydrogens is 350 g/mol. The topological polar surface area (TPSA) is 53.6 Å². The van der Waals surface area contributed by atoms with Gasteiger partial charge in [-0.1, -0.05) is 60.7 Å². The molecule has 2 N–H and O–H groups in total. The normalized spacial score (nSPS) is 16.4. The van der Waals surface area contributed by atoms with Crippen molar-refractivity contribution in [3.63, 3.8) is 0 Å². The van der Waals surface area contributed by atoms with E-state index in [9.17, 15) is 4.79 Å². The molecule has 0 bridgehead atoms. The standard InChI is InChI=1S/C23H31N3O2/c1-23(2,26-13-15-28-16-14-26)18-24-22(27)25-21(20-11-7-4-8-12-20)17-19-9-5-3-6-10-19/h3-12,21H,13-18H2,1-2H3,(H2,24,25,27). The Morgan fingerprint density at radius 3 is 2.29 bits per heavy atom. The van der Waals surface area contributed by atoms with Gasteiger partial charge in [0.05, 0.1) is 19.3 Å². The average Bonchev–Trinajstić information content (AvgIpc) is 2.74. The van der Waals surface area contributed by atoms with Crippen LogP contribution in [0.3, 0.4) is 0 Å². The Labute approximate surface area is 168 Å². The lowest BCUT2D eigenvalue weighted by atomic mass is 9.99. The summed E-state index contributed by atoms with van der Waals surface area (Å²) >= 11 is 0. The summed E-state index contributed by atoms with van der Waals surface area (Å²) in [5, 5.41) is 6.24. The van der Waals surface area contributed by atoms with Crippen LogP contribution in [-0.4, -0.2) is 49.3 Å². The van der Waals surface area contributed by atoms with Crippen LogP contribution >= 0.6 is 0 Å². The molecule has 150 valence electrons. The first-order valence-electron chi connectivity index (χ1n) is 10.0. The molecule has 0 saturated carbocycles. The zero-order valence-electron chi connectivity index (χ0n) is 16.9. The van der Waals surface area contributed by atoms with Crippen LogP contribution in [0.25, 0.3) is 0 Å². The second-order valence-electron chi connectivity index (χ2n) is 7.89. The SMILES string of the molecule is CC(C)(CNC(=O)NC(Cc1ccccc1)c1ccccc1)N1CCOCC1. The Kier molecular flexibility index (Phi) is 7.06. The van der Waals surface area contributed by atoms with E-state index in [0.29, 0.717) is 6.54 Å². The predicted molar refractivity (Wildman–Crippen MR) is 112 cm³/mol. The molecule has 2 amide bonds. The minimum atomic E-state index is -0.133. The van der Waals surface area contributed by atoms with Gasteiger partial charge in [-0.25, -0.2) is 4.79 Å². The number of carbonyl (C=O) groups is 1. The molecule has 1 aliphatic heterocycles. The van der Waals surface area contributed by atoms with Crippen LogP contribution in [0.4, 0.5) is 4.79 Å². The molecule has 2 aromatic carbocycles. The summed E-state index contributed by atoms with van der Waals surface area (Å²) in [6.07, 6.45) is 0.755. The van der Waals surface area contributed by atoms with Gasteiger partial charge in [0, 0.05) is 25.2 Å². The summed E-state index contributed by atoms with van der Waals surface area (Å²) in [7, 11) is 0. The fourth-order valence-corrected chi connectivity index (χ4v) is 3.57. The highest BCUT2D eigenvalue weighted by atomic mass is 16.5. The maximum atomic E-state index is 12.7. The van der Waals surface area contributed by atoms with Gasteiger partial charge in [-0.2, -0.15) is 0 Å². The second-order valence-corrected chi connectivity index (χ2v) is 7.89. The van der Waals surface area contributed by atoms with Crippen molar-refractivity contribution in [2.24, 2.45) is 0 Å². The van der Waals surface area contributed by atoms with E-state index in [4.69, 9.17) is 4.74 Å². The highest BCUT2D eigenvalue weighted by molar-refractivity contribution is 5.74. The van der Waals surface area contributed by atoms with Crippen molar-refractivity contribution in [2.45, 2.75) is 31.8 Å². The number of urea groups is 1. The van der Waals surface area contributed by atoms with E-state index >= 15 is 0 Å². The van der Waals surface area contributed by atoms with Crippen LogP contribution in [0.5, 0.6) is 0 Å². The third-order valence-corrected chi connectivity index (χ3v) is 5.34. The molecular formula is C23H31N3O2. The molecule has 1 unspecified atom stereocenters. The highest BCUT2D eigenvalue weighted by Gasteiger charge is 2.28. The summed E-state index contributed by atoms with van der Waals surface area (Å²) in [4.78, 5) is 15.1. The largest absolute Gasteiger partial charge is 0.379 e. The molecule has 0 aliphatic carbocycles. The van der Waals surface area contributed by atoms with Gasteiger partial charge in [-0.05, 0) is 31.4 Å². The fraction of sp³-hybridized carbons (Fsp3) is 0.435. The van der Waals surface area contributed by atoms with Crippen LogP contribution in [0.15, 0.2) is 60.7 Å². The molecule has 0 radical (unpaired) electrons. The molecule has 1 atom stereocenters.